The molecule has 0 saturated carbocycles. The molecule has 148 valence electrons. The Morgan fingerprint density at radius 2 is 1.93 bits per heavy atom. The van der Waals surface area contributed by atoms with Crippen molar-refractivity contribution in [1.82, 2.24) is 0 Å². The van der Waals surface area contributed by atoms with Gasteiger partial charge in [0.15, 0.2) is 11.5 Å². The van der Waals surface area contributed by atoms with Crippen LogP contribution in [0.3, 0.4) is 0 Å². The fourth-order valence-electron chi connectivity index (χ4n) is 2.66. The molecule has 0 fully saturated rings. The average molecular weight is 415 g/mol. The Labute approximate surface area is 178 Å². The van der Waals surface area contributed by atoms with Crippen LogP contribution in [-0.4, -0.2) is 13.0 Å². The predicted molar refractivity (Wildman–Crippen MR) is 115 cm³/mol. The monoisotopic (exact) mass is 415 g/mol. The lowest BCUT2D eigenvalue weighted by Gasteiger charge is -2.14. The van der Waals surface area contributed by atoms with Crippen LogP contribution in [0.15, 0.2) is 65.6 Å². The van der Waals surface area contributed by atoms with Crippen LogP contribution in [0.5, 0.6) is 11.5 Å². The molecule has 3 rings (SSSR count). The summed E-state index contributed by atoms with van der Waals surface area (Å²) in [5.41, 5.74) is 1.73. The Balaban J connectivity index is 1.89. The number of nitrogens with one attached hydrogen (secondary N) is 1. The summed E-state index contributed by atoms with van der Waals surface area (Å²) in [5, 5.41) is 23.3. The number of benzene rings is 2. The van der Waals surface area contributed by atoms with Crippen LogP contribution in [-0.2, 0) is 11.4 Å². The van der Waals surface area contributed by atoms with Crippen molar-refractivity contribution >= 4 is 28.3 Å². The van der Waals surface area contributed by atoms with E-state index >= 15 is 0 Å². The fourth-order valence-corrected chi connectivity index (χ4v) is 3.39. The molecule has 0 unspecified atom stereocenters. The van der Waals surface area contributed by atoms with Crippen molar-refractivity contribution in [2.75, 3.05) is 12.4 Å². The lowest BCUT2D eigenvalue weighted by molar-refractivity contribution is -0.112. The number of anilines is 1. The largest absolute Gasteiger partial charge is 0.493 e. The van der Waals surface area contributed by atoms with Crippen molar-refractivity contribution in [3.05, 3.63) is 82.2 Å². The molecule has 0 saturated heterocycles. The van der Waals surface area contributed by atoms with Gasteiger partial charge in [0.05, 0.1) is 12.7 Å². The minimum Gasteiger partial charge on any atom is -0.493 e. The quantitative estimate of drug-likeness (QED) is 0.444. The third kappa shape index (κ3) is 4.85. The van der Waals surface area contributed by atoms with E-state index in [1.165, 1.54) is 24.5 Å². The molecule has 1 N–H and O–H groups in total. The molecule has 1 aromatic heterocycles. The van der Waals surface area contributed by atoms with E-state index in [4.69, 9.17) is 14.7 Å². The van der Waals surface area contributed by atoms with E-state index in [1.54, 1.807) is 29.6 Å². The number of hydrogen-bond acceptors (Lipinski definition) is 6. The third-order valence-corrected chi connectivity index (χ3v) is 4.96. The molecule has 1 amide bonds. The van der Waals surface area contributed by atoms with Gasteiger partial charge in [0.2, 0.25) is 0 Å². The second kappa shape index (κ2) is 9.92. The normalized spacial score (nSPS) is 10.6. The van der Waals surface area contributed by atoms with Crippen LogP contribution >= 0.6 is 11.3 Å². The van der Waals surface area contributed by atoms with Gasteiger partial charge < -0.3 is 14.8 Å². The van der Waals surface area contributed by atoms with Crippen LogP contribution in [0.1, 0.15) is 16.7 Å². The molecule has 0 spiro atoms. The summed E-state index contributed by atoms with van der Waals surface area (Å²) < 4.78 is 11.4. The molecule has 7 heteroatoms. The number of carbonyl (C=O) groups excluding carboxylic acids is 1. The smallest absolute Gasteiger partial charge is 0.266 e. The summed E-state index contributed by atoms with van der Waals surface area (Å²) in [4.78, 5) is 12.6. The first-order valence-corrected chi connectivity index (χ1v) is 9.78. The van der Waals surface area contributed by atoms with Crippen molar-refractivity contribution in [2.45, 2.75) is 6.61 Å². The topological polar surface area (TPSA) is 95.1 Å². The van der Waals surface area contributed by atoms with Crippen molar-refractivity contribution in [3.63, 3.8) is 0 Å². The summed E-state index contributed by atoms with van der Waals surface area (Å²) >= 11 is 1.22. The van der Waals surface area contributed by atoms with Gasteiger partial charge in [-0.15, -0.1) is 11.3 Å². The molecule has 1 heterocycles. The molecule has 0 radical (unpaired) electrons. The SMILES string of the molecule is COc1cccc(C=C(C#N)C(=O)Nc2sccc2C#N)c1OCc1ccccc1. The number of thiophene rings is 1. The Hall–Kier alpha value is -4.07. The first-order valence-electron chi connectivity index (χ1n) is 8.90. The highest BCUT2D eigenvalue weighted by atomic mass is 32.1. The Morgan fingerprint density at radius 1 is 1.13 bits per heavy atom. The Kier molecular flexibility index (Phi) is 6.83. The van der Waals surface area contributed by atoms with Crippen molar-refractivity contribution in [1.29, 1.82) is 10.5 Å². The minimum absolute atomic E-state index is 0.120. The molecular formula is C23H17N3O3S. The summed E-state index contributed by atoms with van der Waals surface area (Å²) in [6.07, 6.45) is 1.44. The Morgan fingerprint density at radius 3 is 2.63 bits per heavy atom. The van der Waals surface area contributed by atoms with Crippen LogP contribution in [0.2, 0.25) is 0 Å². The van der Waals surface area contributed by atoms with Crippen LogP contribution in [0.4, 0.5) is 5.00 Å². The van der Waals surface area contributed by atoms with E-state index in [1.807, 2.05) is 42.5 Å². The van der Waals surface area contributed by atoms with Crippen molar-refractivity contribution in [3.8, 4) is 23.6 Å². The predicted octanol–water partition coefficient (Wildman–Crippen LogP) is 4.75. The van der Waals surface area contributed by atoms with Crippen molar-refractivity contribution in [2.24, 2.45) is 0 Å². The van der Waals surface area contributed by atoms with E-state index < -0.39 is 5.91 Å². The van der Waals surface area contributed by atoms with Crippen LogP contribution in [0.25, 0.3) is 6.08 Å². The number of para-hydroxylation sites is 1. The van der Waals surface area contributed by atoms with E-state index in [2.05, 4.69) is 5.32 Å². The number of amides is 1. The van der Waals surface area contributed by atoms with Gasteiger partial charge in [-0.1, -0.05) is 42.5 Å². The number of nitrogens with zero attached hydrogens (tertiary/aromatic N) is 2. The number of nitriles is 2. The second-order valence-corrected chi connectivity index (χ2v) is 6.97. The number of carbonyl (C=O) groups is 1. The molecule has 3 aromatic rings. The van der Waals surface area contributed by atoms with E-state index in [0.29, 0.717) is 34.2 Å². The number of rotatable bonds is 7. The molecular weight excluding hydrogens is 398 g/mol. The number of hydrogen-bond donors (Lipinski definition) is 1. The van der Waals surface area contributed by atoms with E-state index in [-0.39, 0.29) is 5.57 Å². The lowest BCUT2D eigenvalue weighted by atomic mass is 10.1. The zero-order valence-electron chi connectivity index (χ0n) is 16.1. The standard InChI is InChI=1S/C23H17N3O3S/c1-28-20-9-5-8-17(21(20)29-15-16-6-3-2-4-7-16)12-19(14-25)22(27)26-23-18(13-24)10-11-30-23/h2-12H,15H2,1H3,(H,26,27). The minimum atomic E-state index is -0.603. The lowest BCUT2D eigenvalue weighted by Crippen LogP contribution is -2.13. The van der Waals surface area contributed by atoms with Gasteiger partial charge in [-0.2, -0.15) is 10.5 Å². The Bertz CT molecular complexity index is 1150. The summed E-state index contributed by atoms with van der Waals surface area (Å²) in [5.74, 6) is 0.314. The first kappa shape index (κ1) is 20.7. The first-order chi connectivity index (χ1) is 14.7. The molecule has 0 atom stereocenters. The van der Waals surface area contributed by atoms with Crippen LogP contribution < -0.4 is 14.8 Å². The molecule has 30 heavy (non-hydrogen) atoms. The maximum atomic E-state index is 12.6. The van der Waals surface area contributed by atoms with Gasteiger partial charge in [0.25, 0.3) is 5.91 Å². The van der Waals surface area contributed by atoms with Crippen LogP contribution in [0, 0.1) is 22.7 Å². The molecule has 6 nitrogen and oxygen atoms in total. The maximum absolute atomic E-state index is 12.6. The average Bonchev–Trinajstić information content (AvgIpc) is 3.23. The van der Waals surface area contributed by atoms with Gasteiger partial charge in [0.1, 0.15) is 29.3 Å². The fraction of sp³-hybridized carbons (Fsp3) is 0.0870. The molecule has 0 aliphatic carbocycles. The number of ether oxygens (including phenoxy) is 2. The zero-order chi connectivity index (χ0) is 21.3. The maximum Gasteiger partial charge on any atom is 0.266 e. The highest BCUT2D eigenvalue weighted by molar-refractivity contribution is 7.14. The van der Waals surface area contributed by atoms with Gasteiger partial charge in [-0.05, 0) is 29.2 Å². The van der Waals surface area contributed by atoms with E-state index in [9.17, 15) is 10.1 Å². The van der Waals surface area contributed by atoms with Gasteiger partial charge >= 0.3 is 0 Å². The molecule has 2 aromatic carbocycles. The zero-order valence-corrected chi connectivity index (χ0v) is 16.9. The van der Waals surface area contributed by atoms with Gasteiger partial charge in [0, 0.05) is 5.56 Å². The highest BCUT2D eigenvalue weighted by Crippen LogP contribution is 2.33. The summed E-state index contributed by atoms with van der Waals surface area (Å²) in [6.45, 7) is 0.302. The van der Waals surface area contributed by atoms with Crippen molar-refractivity contribution < 1.29 is 14.3 Å². The molecule has 0 bridgehead atoms. The van der Waals surface area contributed by atoms with E-state index in [0.717, 1.165) is 5.56 Å². The molecule has 0 aliphatic rings. The van der Waals surface area contributed by atoms with Gasteiger partial charge in [-0.3, -0.25) is 4.79 Å². The van der Waals surface area contributed by atoms with Gasteiger partial charge in [-0.25, -0.2) is 0 Å². The summed E-state index contributed by atoms with van der Waals surface area (Å²) in [7, 11) is 1.52. The second-order valence-electron chi connectivity index (χ2n) is 6.05. The molecule has 0 aliphatic heterocycles. The third-order valence-electron chi connectivity index (χ3n) is 4.13. The number of methoxy groups -OCH3 is 1. The highest BCUT2D eigenvalue weighted by Gasteiger charge is 2.16. The summed E-state index contributed by atoms with van der Waals surface area (Å²) in [6, 6.07) is 20.4.